The van der Waals surface area contributed by atoms with Gasteiger partial charge in [-0.05, 0) is 24.0 Å². The predicted octanol–water partition coefficient (Wildman–Crippen LogP) is 5.09. The van der Waals surface area contributed by atoms with Crippen LogP contribution in [0.15, 0.2) is 41.3 Å². The summed E-state index contributed by atoms with van der Waals surface area (Å²) in [6.07, 6.45) is 0. The minimum absolute atomic E-state index is 0. The summed E-state index contributed by atoms with van der Waals surface area (Å²) in [7, 11) is 0. The second kappa shape index (κ2) is 11.4. The molecule has 10 heteroatoms. The van der Waals surface area contributed by atoms with Crippen LogP contribution in [0.1, 0.15) is 17.3 Å². The fourth-order valence-electron chi connectivity index (χ4n) is 3.48. The van der Waals surface area contributed by atoms with Crippen molar-refractivity contribution in [2.24, 2.45) is 0 Å². The molecule has 0 N–H and O–H groups in total. The van der Waals surface area contributed by atoms with E-state index in [1.165, 1.54) is 6.07 Å². The van der Waals surface area contributed by atoms with Gasteiger partial charge >= 0.3 is 0 Å². The molecular formula is C22H24ClF2N3O2S2. The van der Waals surface area contributed by atoms with Gasteiger partial charge < -0.3 is 4.74 Å². The van der Waals surface area contributed by atoms with Crippen LogP contribution < -0.4 is 4.90 Å². The molecule has 1 saturated heterocycles. The number of hydrogen-bond acceptors (Lipinski definition) is 6. The van der Waals surface area contributed by atoms with Gasteiger partial charge in [0.1, 0.15) is 11.3 Å². The van der Waals surface area contributed by atoms with E-state index in [1.807, 2.05) is 25.1 Å². The first-order chi connectivity index (χ1) is 15.1. The topological polar surface area (TPSA) is 45.7 Å². The fourth-order valence-corrected chi connectivity index (χ4v) is 5.31. The van der Waals surface area contributed by atoms with Gasteiger partial charge in [0, 0.05) is 37.1 Å². The zero-order valence-electron chi connectivity index (χ0n) is 17.6. The molecule has 0 aliphatic carbocycles. The Kier molecular flexibility index (Phi) is 8.84. The lowest BCUT2D eigenvalue weighted by atomic mass is 10.2. The second-order valence-electron chi connectivity index (χ2n) is 7.07. The Labute approximate surface area is 200 Å². The van der Waals surface area contributed by atoms with E-state index in [4.69, 9.17) is 4.74 Å². The largest absolute Gasteiger partial charge is 0.379 e. The third-order valence-corrected chi connectivity index (χ3v) is 7.02. The van der Waals surface area contributed by atoms with Crippen molar-refractivity contribution in [3.05, 3.63) is 53.6 Å². The Bertz CT molecular complexity index is 1080. The number of aromatic nitrogens is 1. The molecule has 0 bridgehead atoms. The summed E-state index contributed by atoms with van der Waals surface area (Å²) in [4.78, 5) is 22.7. The molecule has 0 saturated carbocycles. The predicted molar refractivity (Wildman–Crippen MR) is 129 cm³/mol. The molecule has 0 spiro atoms. The summed E-state index contributed by atoms with van der Waals surface area (Å²) in [5.74, 6) is -0.732. The maximum absolute atomic E-state index is 14.3. The molecule has 2 aromatic carbocycles. The van der Waals surface area contributed by atoms with Crippen molar-refractivity contribution < 1.29 is 18.3 Å². The van der Waals surface area contributed by atoms with Gasteiger partial charge in [0.2, 0.25) is 0 Å². The molecule has 4 rings (SSSR count). The minimum atomic E-state index is -0.722. The van der Waals surface area contributed by atoms with E-state index in [1.54, 1.807) is 22.7 Å². The first-order valence-electron chi connectivity index (χ1n) is 10.2. The number of carbonyl (C=O) groups excluding carboxylic acids is 1. The van der Waals surface area contributed by atoms with Gasteiger partial charge in [-0.3, -0.25) is 14.6 Å². The molecule has 1 aliphatic heterocycles. The molecule has 172 valence electrons. The number of carbonyl (C=O) groups is 1. The van der Waals surface area contributed by atoms with E-state index in [0.717, 1.165) is 41.1 Å². The number of anilines is 1. The molecule has 3 aromatic rings. The van der Waals surface area contributed by atoms with Gasteiger partial charge in [-0.2, -0.15) is 0 Å². The number of ether oxygens (including phenoxy) is 1. The van der Waals surface area contributed by atoms with Gasteiger partial charge in [0.25, 0.3) is 5.91 Å². The standard InChI is InChI=1S/C22H23F2N3O2S2.ClH/c1-2-30-18-6-4-3-5-16(18)21(28)27(8-7-26-9-11-29-12-10-26)22-25-20-17(24)13-15(23)14-19(20)31-22;/h3-6,13-14H,2,7-12H2,1H3;1H. The Hall–Kier alpha value is -1.78. The van der Waals surface area contributed by atoms with E-state index < -0.39 is 11.6 Å². The van der Waals surface area contributed by atoms with Gasteiger partial charge in [-0.25, -0.2) is 13.8 Å². The number of halogens is 3. The molecular weight excluding hydrogens is 476 g/mol. The Balaban J connectivity index is 0.00000289. The van der Waals surface area contributed by atoms with Crippen LogP contribution in [-0.4, -0.2) is 60.9 Å². The maximum atomic E-state index is 14.3. The number of amides is 1. The van der Waals surface area contributed by atoms with Crippen molar-refractivity contribution in [2.45, 2.75) is 11.8 Å². The van der Waals surface area contributed by atoms with Crippen LogP contribution in [0.2, 0.25) is 0 Å². The SMILES string of the molecule is CCSc1ccccc1C(=O)N(CCN1CCOCC1)c1nc2c(F)cc(F)cc2s1.Cl. The highest BCUT2D eigenvalue weighted by Crippen LogP contribution is 2.33. The second-order valence-corrected chi connectivity index (χ2v) is 9.39. The lowest BCUT2D eigenvalue weighted by Crippen LogP contribution is -2.43. The number of hydrogen-bond donors (Lipinski definition) is 0. The highest BCUT2D eigenvalue weighted by molar-refractivity contribution is 7.99. The van der Waals surface area contributed by atoms with E-state index in [9.17, 15) is 13.6 Å². The van der Waals surface area contributed by atoms with Crippen LogP contribution in [-0.2, 0) is 4.74 Å². The van der Waals surface area contributed by atoms with Crippen molar-refractivity contribution in [1.29, 1.82) is 0 Å². The maximum Gasteiger partial charge on any atom is 0.261 e. The number of rotatable bonds is 7. The Morgan fingerprint density at radius 2 is 2.00 bits per heavy atom. The zero-order chi connectivity index (χ0) is 21.8. The van der Waals surface area contributed by atoms with Crippen LogP contribution in [0.4, 0.5) is 13.9 Å². The minimum Gasteiger partial charge on any atom is -0.379 e. The fraction of sp³-hybridized carbons (Fsp3) is 0.364. The van der Waals surface area contributed by atoms with E-state index in [-0.39, 0.29) is 23.8 Å². The first kappa shape index (κ1) is 24.9. The highest BCUT2D eigenvalue weighted by Gasteiger charge is 2.25. The van der Waals surface area contributed by atoms with Crippen LogP contribution >= 0.6 is 35.5 Å². The molecule has 32 heavy (non-hydrogen) atoms. The van der Waals surface area contributed by atoms with Crippen molar-refractivity contribution in [3.8, 4) is 0 Å². The summed E-state index contributed by atoms with van der Waals surface area (Å²) in [6, 6.07) is 9.54. The van der Waals surface area contributed by atoms with E-state index in [2.05, 4.69) is 9.88 Å². The molecule has 0 atom stereocenters. The molecule has 1 amide bonds. The molecule has 2 heterocycles. The molecule has 1 aliphatic rings. The Morgan fingerprint density at radius 1 is 1.25 bits per heavy atom. The number of nitrogens with zero attached hydrogens (tertiary/aromatic N) is 3. The van der Waals surface area contributed by atoms with Crippen molar-refractivity contribution in [3.63, 3.8) is 0 Å². The third-order valence-electron chi connectivity index (χ3n) is 5.04. The molecule has 0 radical (unpaired) electrons. The van der Waals surface area contributed by atoms with E-state index in [0.29, 0.717) is 41.7 Å². The summed E-state index contributed by atoms with van der Waals surface area (Å²) < 4.78 is 33.7. The van der Waals surface area contributed by atoms with Crippen LogP contribution in [0.5, 0.6) is 0 Å². The lowest BCUT2D eigenvalue weighted by Gasteiger charge is -2.29. The first-order valence-corrected chi connectivity index (χ1v) is 12.0. The van der Waals surface area contributed by atoms with Gasteiger partial charge in [0.15, 0.2) is 10.9 Å². The molecule has 1 aromatic heterocycles. The quantitative estimate of drug-likeness (QED) is 0.424. The third kappa shape index (κ3) is 5.58. The van der Waals surface area contributed by atoms with Crippen molar-refractivity contribution >= 4 is 56.8 Å². The number of benzene rings is 2. The molecule has 5 nitrogen and oxygen atoms in total. The molecule has 1 fully saturated rings. The Morgan fingerprint density at radius 3 is 2.75 bits per heavy atom. The summed E-state index contributed by atoms with van der Waals surface area (Å²) in [5, 5.41) is 0.370. The highest BCUT2D eigenvalue weighted by atomic mass is 35.5. The number of thioether (sulfide) groups is 1. The average Bonchev–Trinajstić information content (AvgIpc) is 3.19. The van der Waals surface area contributed by atoms with Crippen LogP contribution in [0.25, 0.3) is 10.2 Å². The van der Waals surface area contributed by atoms with Crippen molar-refractivity contribution in [2.75, 3.05) is 50.0 Å². The molecule has 0 unspecified atom stereocenters. The summed E-state index contributed by atoms with van der Waals surface area (Å²) in [5.41, 5.74) is 0.670. The van der Waals surface area contributed by atoms with Crippen LogP contribution in [0, 0.1) is 11.6 Å². The van der Waals surface area contributed by atoms with Gasteiger partial charge in [-0.15, -0.1) is 24.2 Å². The summed E-state index contributed by atoms with van der Waals surface area (Å²) in [6.45, 7) is 5.99. The van der Waals surface area contributed by atoms with E-state index >= 15 is 0 Å². The smallest absolute Gasteiger partial charge is 0.261 e. The normalized spacial score (nSPS) is 14.3. The zero-order valence-corrected chi connectivity index (χ0v) is 20.0. The van der Waals surface area contributed by atoms with Gasteiger partial charge in [-0.1, -0.05) is 30.4 Å². The number of thiazole rings is 1. The van der Waals surface area contributed by atoms with Gasteiger partial charge in [0.05, 0.1) is 23.5 Å². The van der Waals surface area contributed by atoms with Crippen LogP contribution in [0.3, 0.4) is 0 Å². The van der Waals surface area contributed by atoms with Crippen molar-refractivity contribution in [1.82, 2.24) is 9.88 Å². The number of fused-ring (bicyclic) bond motifs is 1. The monoisotopic (exact) mass is 499 g/mol. The lowest BCUT2D eigenvalue weighted by molar-refractivity contribution is 0.0391. The summed E-state index contributed by atoms with van der Waals surface area (Å²) >= 11 is 2.72. The average molecular weight is 500 g/mol. The number of morpholine rings is 1.